The van der Waals surface area contributed by atoms with Crippen LogP contribution in [0.5, 0.6) is 5.75 Å². The van der Waals surface area contributed by atoms with E-state index in [-0.39, 0.29) is 22.8 Å². The van der Waals surface area contributed by atoms with Crippen LogP contribution in [0.1, 0.15) is 56.2 Å². The second kappa shape index (κ2) is 11.0. The highest BCUT2D eigenvalue weighted by molar-refractivity contribution is 7.80. The standard InChI is InChI=1S/C27H35N3O3S/c1-17-7-8-19(3)23(15-17)33-14-6-13-27(4,5)25(32)30-26(34)28-21-12-9-18(2)22(16-21)29-24(31)20-10-11-20/h7-9,12,15-16,20H,6,10-11,13-14H2,1-5H3,(H,29,31)(H2,28,30,32,34). The third kappa shape index (κ3) is 7.29. The molecule has 6 nitrogen and oxygen atoms in total. The van der Waals surface area contributed by atoms with Gasteiger partial charge in [-0.15, -0.1) is 0 Å². The van der Waals surface area contributed by atoms with Crippen LogP contribution in [0.15, 0.2) is 36.4 Å². The predicted molar refractivity (Wildman–Crippen MR) is 141 cm³/mol. The van der Waals surface area contributed by atoms with Crippen molar-refractivity contribution in [1.29, 1.82) is 0 Å². The number of nitrogens with one attached hydrogen (secondary N) is 3. The van der Waals surface area contributed by atoms with E-state index in [0.717, 1.165) is 47.4 Å². The van der Waals surface area contributed by atoms with Gasteiger partial charge in [0.05, 0.1) is 6.61 Å². The van der Waals surface area contributed by atoms with Crippen LogP contribution in [0.25, 0.3) is 0 Å². The smallest absolute Gasteiger partial charge is 0.231 e. The first-order valence-electron chi connectivity index (χ1n) is 11.8. The highest BCUT2D eigenvalue weighted by Crippen LogP contribution is 2.31. The van der Waals surface area contributed by atoms with Gasteiger partial charge in [-0.1, -0.05) is 32.0 Å². The Morgan fingerprint density at radius 2 is 1.74 bits per heavy atom. The van der Waals surface area contributed by atoms with Gasteiger partial charge in [-0.05, 0) is 93.6 Å². The van der Waals surface area contributed by atoms with Crippen LogP contribution in [0.2, 0.25) is 0 Å². The van der Waals surface area contributed by atoms with Crippen molar-refractivity contribution in [3.8, 4) is 5.75 Å². The van der Waals surface area contributed by atoms with Gasteiger partial charge < -0.3 is 20.7 Å². The molecule has 0 spiro atoms. The number of hydrogen-bond donors (Lipinski definition) is 3. The maximum Gasteiger partial charge on any atom is 0.231 e. The molecule has 0 saturated heterocycles. The van der Waals surface area contributed by atoms with E-state index in [1.807, 2.05) is 65.0 Å². The quantitative estimate of drug-likeness (QED) is 0.318. The number of amides is 2. The Morgan fingerprint density at radius 1 is 1.03 bits per heavy atom. The largest absolute Gasteiger partial charge is 0.493 e. The fourth-order valence-corrected chi connectivity index (χ4v) is 3.73. The topological polar surface area (TPSA) is 79.5 Å². The summed E-state index contributed by atoms with van der Waals surface area (Å²) < 4.78 is 5.92. The molecule has 182 valence electrons. The Morgan fingerprint density at radius 3 is 2.44 bits per heavy atom. The first kappa shape index (κ1) is 25.7. The number of hydrogen-bond acceptors (Lipinski definition) is 4. The molecule has 0 radical (unpaired) electrons. The SMILES string of the molecule is Cc1ccc(C)c(OCCCC(C)(C)C(=O)NC(=S)Nc2ccc(C)c(NC(=O)C3CC3)c2)c1. The molecule has 1 aliphatic rings. The summed E-state index contributed by atoms with van der Waals surface area (Å²) in [6, 6.07) is 11.8. The highest BCUT2D eigenvalue weighted by Gasteiger charge is 2.30. The molecule has 2 amide bonds. The van der Waals surface area contributed by atoms with E-state index in [1.165, 1.54) is 0 Å². The van der Waals surface area contributed by atoms with E-state index >= 15 is 0 Å². The van der Waals surface area contributed by atoms with Gasteiger partial charge in [0.2, 0.25) is 11.8 Å². The third-order valence-electron chi connectivity index (χ3n) is 6.09. The summed E-state index contributed by atoms with van der Waals surface area (Å²) in [5, 5.41) is 9.06. The van der Waals surface area contributed by atoms with Gasteiger partial charge in [0, 0.05) is 22.7 Å². The lowest BCUT2D eigenvalue weighted by Gasteiger charge is -2.24. The van der Waals surface area contributed by atoms with Gasteiger partial charge in [-0.2, -0.15) is 0 Å². The summed E-state index contributed by atoms with van der Waals surface area (Å²) in [6.45, 7) is 10.4. The minimum Gasteiger partial charge on any atom is -0.493 e. The Kier molecular flexibility index (Phi) is 8.31. The van der Waals surface area contributed by atoms with Crippen molar-refractivity contribution in [3.05, 3.63) is 53.1 Å². The average molecular weight is 482 g/mol. The first-order chi connectivity index (χ1) is 16.0. The van der Waals surface area contributed by atoms with E-state index in [4.69, 9.17) is 17.0 Å². The van der Waals surface area contributed by atoms with Crippen LogP contribution < -0.4 is 20.7 Å². The minimum atomic E-state index is -0.604. The van der Waals surface area contributed by atoms with Crippen LogP contribution in [-0.4, -0.2) is 23.5 Å². The van der Waals surface area contributed by atoms with Crippen LogP contribution in [-0.2, 0) is 9.59 Å². The Labute approximate surface area is 207 Å². The number of benzene rings is 2. The fraction of sp³-hybridized carbons (Fsp3) is 0.444. The number of aryl methyl sites for hydroxylation is 3. The summed E-state index contributed by atoms with van der Waals surface area (Å²) in [4.78, 5) is 25.0. The molecule has 3 rings (SSSR count). The molecule has 0 heterocycles. The molecule has 2 aromatic rings. The van der Waals surface area contributed by atoms with Gasteiger partial charge in [-0.3, -0.25) is 9.59 Å². The molecule has 2 aromatic carbocycles. The van der Waals surface area contributed by atoms with Crippen LogP contribution in [0, 0.1) is 32.1 Å². The zero-order valence-electron chi connectivity index (χ0n) is 20.7. The molecular weight excluding hydrogens is 446 g/mol. The molecule has 0 aliphatic heterocycles. The monoisotopic (exact) mass is 481 g/mol. The summed E-state index contributed by atoms with van der Waals surface area (Å²) in [5.74, 6) is 0.925. The van der Waals surface area contributed by atoms with Crippen LogP contribution in [0.3, 0.4) is 0 Å². The van der Waals surface area contributed by atoms with E-state index < -0.39 is 5.41 Å². The summed E-state index contributed by atoms with van der Waals surface area (Å²) in [5.41, 5.74) is 4.09. The number of ether oxygens (including phenoxy) is 1. The zero-order valence-corrected chi connectivity index (χ0v) is 21.5. The van der Waals surface area contributed by atoms with E-state index in [0.29, 0.717) is 18.7 Å². The predicted octanol–water partition coefficient (Wildman–Crippen LogP) is 5.66. The fourth-order valence-electron chi connectivity index (χ4n) is 3.52. The number of carbonyl (C=O) groups is 2. The number of thiocarbonyl (C=S) groups is 1. The number of rotatable bonds is 9. The van der Waals surface area contributed by atoms with Crippen LogP contribution >= 0.6 is 12.2 Å². The van der Waals surface area contributed by atoms with Gasteiger partial charge in [0.15, 0.2) is 5.11 Å². The summed E-state index contributed by atoms with van der Waals surface area (Å²) in [6.07, 6.45) is 3.31. The van der Waals surface area contributed by atoms with Crippen molar-refractivity contribution in [2.24, 2.45) is 11.3 Å². The van der Waals surface area contributed by atoms with Crippen molar-refractivity contribution in [2.75, 3.05) is 17.2 Å². The van der Waals surface area contributed by atoms with Crippen molar-refractivity contribution in [3.63, 3.8) is 0 Å². The lowest BCUT2D eigenvalue weighted by Crippen LogP contribution is -2.42. The lowest BCUT2D eigenvalue weighted by atomic mass is 9.87. The third-order valence-corrected chi connectivity index (χ3v) is 6.29. The van der Waals surface area contributed by atoms with E-state index in [1.54, 1.807) is 0 Å². The maximum atomic E-state index is 12.8. The van der Waals surface area contributed by atoms with Gasteiger partial charge in [0.25, 0.3) is 0 Å². The Balaban J connectivity index is 1.47. The molecule has 7 heteroatoms. The van der Waals surface area contributed by atoms with Gasteiger partial charge in [-0.25, -0.2) is 0 Å². The van der Waals surface area contributed by atoms with E-state index in [9.17, 15) is 9.59 Å². The molecule has 1 aliphatic carbocycles. The highest BCUT2D eigenvalue weighted by atomic mass is 32.1. The molecule has 3 N–H and O–H groups in total. The van der Waals surface area contributed by atoms with Crippen molar-refractivity contribution in [1.82, 2.24) is 5.32 Å². The van der Waals surface area contributed by atoms with Crippen LogP contribution in [0.4, 0.5) is 11.4 Å². The first-order valence-corrected chi connectivity index (χ1v) is 12.2. The van der Waals surface area contributed by atoms with Gasteiger partial charge in [0.1, 0.15) is 5.75 Å². The second-order valence-electron chi connectivity index (χ2n) is 9.81. The van der Waals surface area contributed by atoms with E-state index in [2.05, 4.69) is 22.0 Å². The van der Waals surface area contributed by atoms with Crippen molar-refractivity contribution < 1.29 is 14.3 Å². The molecule has 0 atom stereocenters. The lowest BCUT2D eigenvalue weighted by molar-refractivity contribution is -0.128. The molecular formula is C27H35N3O3S. The Bertz CT molecular complexity index is 1080. The normalized spacial score (nSPS) is 13.2. The Hall–Kier alpha value is -2.93. The van der Waals surface area contributed by atoms with Gasteiger partial charge >= 0.3 is 0 Å². The van der Waals surface area contributed by atoms with Crippen molar-refractivity contribution >= 4 is 40.5 Å². The molecule has 0 unspecified atom stereocenters. The number of carbonyl (C=O) groups excluding carboxylic acids is 2. The summed E-state index contributed by atoms with van der Waals surface area (Å²) >= 11 is 5.37. The molecule has 0 bridgehead atoms. The van der Waals surface area contributed by atoms with Crippen molar-refractivity contribution in [2.45, 2.75) is 60.3 Å². The summed E-state index contributed by atoms with van der Waals surface area (Å²) in [7, 11) is 0. The second-order valence-corrected chi connectivity index (χ2v) is 10.2. The molecule has 34 heavy (non-hydrogen) atoms. The molecule has 1 fully saturated rings. The zero-order chi connectivity index (χ0) is 24.9. The minimum absolute atomic E-state index is 0.0550. The maximum absolute atomic E-state index is 12.8. The molecule has 0 aromatic heterocycles. The number of anilines is 2. The molecule has 1 saturated carbocycles. The average Bonchev–Trinajstić information content (AvgIpc) is 3.61.